The average Bonchev–Trinajstić information content (AvgIpc) is 3.06. The topological polar surface area (TPSA) is 86.1 Å². The van der Waals surface area contributed by atoms with Gasteiger partial charge in [-0.3, -0.25) is 4.79 Å². The van der Waals surface area contributed by atoms with Crippen molar-refractivity contribution >= 4 is 28.6 Å². The number of rotatable bonds is 5. The smallest absolute Gasteiger partial charge is 0.343 e. The number of aromatic nitrogens is 3. The Morgan fingerprint density at radius 1 is 1.17 bits per heavy atom. The lowest BCUT2D eigenvalue weighted by Crippen LogP contribution is -2.18. The number of aryl methyl sites for hydroxylation is 3. The molecule has 2 aromatic heterocycles. The number of fused-ring (bicyclic) bond motifs is 1. The van der Waals surface area contributed by atoms with Crippen LogP contribution in [0.5, 0.6) is 0 Å². The molecule has 3 aromatic rings. The Morgan fingerprint density at radius 2 is 1.90 bits per heavy atom. The summed E-state index contributed by atoms with van der Waals surface area (Å²) in [7, 11) is 0. The van der Waals surface area contributed by atoms with Gasteiger partial charge in [-0.2, -0.15) is 9.78 Å². The molecule has 0 unspecified atom stereocenters. The lowest BCUT2D eigenvalue weighted by molar-refractivity contribution is -0.112. The number of ether oxygens (including phenoxy) is 1. The molecule has 150 valence electrons. The summed E-state index contributed by atoms with van der Waals surface area (Å²) in [6.45, 7) is 13.2. The van der Waals surface area contributed by atoms with Crippen LogP contribution in [-0.2, 0) is 9.53 Å². The zero-order valence-electron chi connectivity index (χ0n) is 17.3. The molecule has 0 aliphatic heterocycles. The second-order valence-corrected chi connectivity index (χ2v) is 7.05. The van der Waals surface area contributed by atoms with E-state index in [0.717, 1.165) is 27.6 Å². The number of hydrogen-bond acceptors (Lipinski definition) is 5. The first kappa shape index (κ1) is 20.3. The van der Waals surface area contributed by atoms with E-state index in [1.165, 1.54) is 10.9 Å². The van der Waals surface area contributed by atoms with Crippen LogP contribution < -0.4 is 5.32 Å². The molecule has 0 aliphatic rings. The van der Waals surface area contributed by atoms with Crippen molar-refractivity contribution in [3.05, 3.63) is 58.8 Å². The van der Waals surface area contributed by atoms with Crippen molar-refractivity contribution in [3.8, 4) is 5.82 Å². The quantitative estimate of drug-likeness (QED) is 0.523. The maximum absolute atomic E-state index is 12.4. The molecule has 0 radical (unpaired) electrons. The number of hydrogen-bond donors (Lipinski definition) is 1. The molecule has 7 nitrogen and oxygen atoms in total. The van der Waals surface area contributed by atoms with E-state index >= 15 is 0 Å². The molecule has 0 bridgehead atoms. The van der Waals surface area contributed by atoms with Crippen LogP contribution in [0.1, 0.15) is 40.9 Å². The summed E-state index contributed by atoms with van der Waals surface area (Å²) in [6, 6.07) is 6.03. The van der Waals surface area contributed by atoms with Crippen LogP contribution in [0, 0.1) is 20.8 Å². The summed E-state index contributed by atoms with van der Waals surface area (Å²) >= 11 is 0. The second-order valence-electron chi connectivity index (χ2n) is 7.05. The Labute approximate surface area is 169 Å². The Hall–Kier alpha value is -3.48. The third kappa shape index (κ3) is 3.89. The first-order chi connectivity index (χ1) is 13.7. The standard InChI is InChI=1S/C22H24N4O3/c1-7-29-22(28)17-11-23-26(20(17)25-21(27)12(2)3)18-10-14(5)16-9-13(4)8-15(6)19(16)24-18/h8-11H,2,7H2,1,3-6H3,(H,25,27). The van der Waals surface area contributed by atoms with Crippen molar-refractivity contribution in [1.82, 2.24) is 14.8 Å². The lowest BCUT2D eigenvalue weighted by atomic mass is 10.0. The van der Waals surface area contributed by atoms with Gasteiger partial charge in [0.2, 0.25) is 0 Å². The first-order valence-corrected chi connectivity index (χ1v) is 9.34. The maximum Gasteiger partial charge on any atom is 0.343 e. The van der Waals surface area contributed by atoms with Gasteiger partial charge in [-0.1, -0.05) is 18.2 Å². The summed E-state index contributed by atoms with van der Waals surface area (Å²) in [4.78, 5) is 29.4. The Balaban J connectivity index is 2.21. The monoisotopic (exact) mass is 392 g/mol. The van der Waals surface area contributed by atoms with Gasteiger partial charge in [0.05, 0.1) is 18.3 Å². The predicted octanol–water partition coefficient (Wildman–Crippen LogP) is 4.04. The summed E-state index contributed by atoms with van der Waals surface area (Å²) < 4.78 is 6.54. The SMILES string of the molecule is C=C(C)C(=O)Nc1c(C(=O)OCC)cnn1-c1cc(C)c2cc(C)cc(C)c2n1. The van der Waals surface area contributed by atoms with Crippen LogP contribution in [0.25, 0.3) is 16.7 Å². The van der Waals surface area contributed by atoms with E-state index in [4.69, 9.17) is 9.72 Å². The molecular formula is C22H24N4O3. The van der Waals surface area contributed by atoms with Gasteiger partial charge in [0, 0.05) is 11.0 Å². The van der Waals surface area contributed by atoms with Crippen molar-refractivity contribution in [1.29, 1.82) is 0 Å². The molecular weight excluding hydrogens is 368 g/mol. The number of amides is 1. The molecule has 0 saturated carbocycles. The van der Waals surface area contributed by atoms with Crippen LogP contribution in [0.2, 0.25) is 0 Å². The van der Waals surface area contributed by atoms with Gasteiger partial charge in [0.1, 0.15) is 5.56 Å². The van der Waals surface area contributed by atoms with Crippen LogP contribution in [0.15, 0.2) is 36.5 Å². The minimum absolute atomic E-state index is 0.154. The number of carbonyl (C=O) groups is 2. The number of carbonyl (C=O) groups excluding carboxylic acids is 2. The van der Waals surface area contributed by atoms with Gasteiger partial charge in [-0.15, -0.1) is 0 Å². The fourth-order valence-corrected chi connectivity index (χ4v) is 3.15. The molecule has 0 fully saturated rings. The van der Waals surface area contributed by atoms with E-state index < -0.39 is 11.9 Å². The number of nitrogens with one attached hydrogen (secondary N) is 1. The van der Waals surface area contributed by atoms with Crippen molar-refractivity contribution in [2.24, 2.45) is 0 Å². The van der Waals surface area contributed by atoms with Crippen molar-refractivity contribution in [3.63, 3.8) is 0 Å². The summed E-state index contributed by atoms with van der Waals surface area (Å²) in [5, 5.41) is 8.07. The van der Waals surface area contributed by atoms with E-state index in [2.05, 4.69) is 29.1 Å². The second kappa shape index (κ2) is 7.87. The molecule has 1 N–H and O–H groups in total. The van der Waals surface area contributed by atoms with Gasteiger partial charge in [-0.05, 0) is 57.9 Å². The van der Waals surface area contributed by atoms with E-state index in [0.29, 0.717) is 11.4 Å². The van der Waals surface area contributed by atoms with Crippen molar-refractivity contribution in [2.45, 2.75) is 34.6 Å². The maximum atomic E-state index is 12.4. The van der Waals surface area contributed by atoms with Gasteiger partial charge in [0.15, 0.2) is 11.6 Å². The predicted molar refractivity (Wildman–Crippen MR) is 112 cm³/mol. The number of pyridine rings is 1. The van der Waals surface area contributed by atoms with E-state index in [9.17, 15) is 9.59 Å². The largest absolute Gasteiger partial charge is 0.462 e. The molecule has 0 spiro atoms. The fraction of sp³-hybridized carbons (Fsp3) is 0.273. The minimum Gasteiger partial charge on any atom is -0.462 e. The Kier molecular flexibility index (Phi) is 5.50. The fourth-order valence-electron chi connectivity index (χ4n) is 3.15. The molecule has 0 saturated heterocycles. The molecule has 7 heteroatoms. The highest BCUT2D eigenvalue weighted by Gasteiger charge is 2.23. The van der Waals surface area contributed by atoms with E-state index in [-0.39, 0.29) is 18.0 Å². The van der Waals surface area contributed by atoms with Crippen LogP contribution in [0.3, 0.4) is 0 Å². The van der Waals surface area contributed by atoms with Gasteiger partial charge in [0.25, 0.3) is 5.91 Å². The van der Waals surface area contributed by atoms with Crippen molar-refractivity contribution < 1.29 is 14.3 Å². The summed E-state index contributed by atoms with van der Waals surface area (Å²) in [5.41, 5.74) is 4.52. The minimum atomic E-state index is -0.569. The zero-order chi connectivity index (χ0) is 21.3. The summed E-state index contributed by atoms with van der Waals surface area (Å²) in [6.07, 6.45) is 1.37. The van der Waals surface area contributed by atoms with Gasteiger partial charge < -0.3 is 10.1 Å². The highest BCUT2D eigenvalue weighted by atomic mass is 16.5. The van der Waals surface area contributed by atoms with E-state index in [1.807, 2.05) is 26.8 Å². The normalized spacial score (nSPS) is 10.8. The lowest BCUT2D eigenvalue weighted by Gasteiger charge is -2.13. The third-order valence-electron chi connectivity index (χ3n) is 4.54. The number of benzene rings is 1. The molecule has 0 aliphatic carbocycles. The first-order valence-electron chi connectivity index (χ1n) is 9.34. The molecule has 3 rings (SSSR count). The zero-order valence-corrected chi connectivity index (χ0v) is 17.3. The number of esters is 1. The molecule has 1 aromatic carbocycles. The Bertz CT molecular complexity index is 1140. The molecule has 29 heavy (non-hydrogen) atoms. The molecule has 2 heterocycles. The number of nitrogens with zero attached hydrogens (tertiary/aromatic N) is 3. The van der Waals surface area contributed by atoms with Crippen LogP contribution in [-0.4, -0.2) is 33.2 Å². The highest BCUT2D eigenvalue weighted by molar-refractivity contribution is 6.06. The van der Waals surface area contributed by atoms with Gasteiger partial charge in [-0.25, -0.2) is 9.78 Å². The van der Waals surface area contributed by atoms with Gasteiger partial charge >= 0.3 is 5.97 Å². The van der Waals surface area contributed by atoms with Crippen LogP contribution in [0.4, 0.5) is 5.82 Å². The highest BCUT2D eigenvalue weighted by Crippen LogP contribution is 2.27. The molecule has 1 amide bonds. The average molecular weight is 392 g/mol. The van der Waals surface area contributed by atoms with Crippen molar-refractivity contribution in [2.75, 3.05) is 11.9 Å². The summed E-state index contributed by atoms with van der Waals surface area (Å²) in [5.74, 6) is -0.288. The van der Waals surface area contributed by atoms with Crippen LogP contribution >= 0.6 is 0 Å². The third-order valence-corrected chi connectivity index (χ3v) is 4.54. The molecule has 0 atom stereocenters. The Morgan fingerprint density at radius 3 is 2.55 bits per heavy atom. The number of anilines is 1. The van der Waals surface area contributed by atoms with E-state index in [1.54, 1.807) is 13.8 Å².